The number of methoxy groups -OCH3 is 1. The fourth-order valence-electron chi connectivity index (χ4n) is 1.28. The molecule has 6 nitrogen and oxygen atoms in total. The van der Waals surface area contributed by atoms with Crippen LogP contribution in [0.3, 0.4) is 0 Å². The second-order valence-electron chi connectivity index (χ2n) is 3.26. The van der Waals surface area contributed by atoms with Gasteiger partial charge in [0.15, 0.2) is 0 Å². The molecule has 0 aliphatic rings. The van der Waals surface area contributed by atoms with Gasteiger partial charge in [-0.2, -0.15) is 4.98 Å². The van der Waals surface area contributed by atoms with Crippen molar-refractivity contribution in [1.29, 1.82) is 0 Å². The molecule has 0 aromatic carbocycles. The number of ether oxygens (including phenoxy) is 1. The monoisotopic (exact) mass is 219 g/mol. The molecule has 2 rings (SSSR count). The predicted molar refractivity (Wildman–Crippen MR) is 59.2 cm³/mol. The molecule has 0 amide bonds. The molecule has 0 spiro atoms. The molecule has 2 N–H and O–H groups in total. The van der Waals surface area contributed by atoms with E-state index in [-0.39, 0.29) is 0 Å². The number of hydrogen-bond acceptors (Lipinski definition) is 5. The van der Waals surface area contributed by atoms with Crippen LogP contribution in [0.1, 0.15) is 11.5 Å². The van der Waals surface area contributed by atoms with Gasteiger partial charge >= 0.3 is 0 Å². The molecular formula is C10H13N5O. The molecule has 0 bridgehead atoms. The maximum Gasteiger partial charge on any atom is 0.226 e. The lowest BCUT2D eigenvalue weighted by molar-refractivity contribution is 0.397. The van der Waals surface area contributed by atoms with Crippen molar-refractivity contribution in [2.75, 3.05) is 12.4 Å². The van der Waals surface area contributed by atoms with E-state index in [9.17, 15) is 0 Å². The number of nitrogens with zero attached hydrogens (tertiary/aromatic N) is 3. The van der Waals surface area contributed by atoms with Crippen molar-refractivity contribution in [2.45, 2.75) is 13.5 Å². The van der Waals surface area contributed by atoms with Gasteiger partial charge in [-0.3, -0.25) is 0 Å². The fourth-order valence-corrected chi connectivity index (χ4v) is 1.28. The van der Waals surface area contributed by atoms with E-state index >= 15 is 0 Å². The quantitative estimate of drug-likeness (QED) is 0.806. The topological polar surface area (TPSA) is 75.7 Å². The number of rotatable bonds is 4. The zero-order valence-corrected chi connectivity index (χ0v) is 9.19. The van der Waals surface area contributed by atoms with Crippen LogP contribution in [0.4, 0.5) is 5.95 Å². The van der Waals surface area contributed by atoms with Crippen LogP contribution in [0.5, 0.6) is 5.88 Å². The Morgan fingerprint density at radius 1 is 1.44 bits per heavy atom. The molecule has 2 heterocycles. The van der Waals surface area contributed by atoms with Gasteiger partial charge in [0.05, 0.1) is 13.7 Å². The van der Waals surface area contributed by atoms with Gasteiger partial charge in [0.2, 0.25) is 11.8 Å². The molecule has 0 fully saturated rings. The average Bonchev–Trinajstić information content (AvgIpc) is 2.78. The normalized spacial score (nSPS) is 10.1. The molecule has 84 valence electrons. The highest BCUT2D eigenvalue weighted by Gasteiger charge is 2.02. The van der Waals surface area contributed by atoms with E-state index in [4.69, 9.17) is 4.74 Å². The second-order valence-corrected chi connectivity index (χ2v) is 3.26. The minimum atomic E-state index is 0.535. The first-order valence-electron chi connectivity index (χ1n) is 4.90. The highest BCUT2D eigenvalue weighted by atomic mass is 16.5. The summed E-state index contributed by atoms with van der Waals surface area (Å²) in [6.07, 6.45) is 3.48. The lowest BCUT2D eigenvalue weighted by Crippen LogP contribution is -2.06. The minimum Gasteiger partial charge on any atom is -0.481 e. The number of H-pyrrole nitrogens is 1. The van der Waals surface area contributed by atoms with E-state index in [0.29, 0.717) is 18.4 Å². The first kappa shape index (κ1) is 10.4. The molecule has 0 aliphatic carbocycles. The van der Waals surface area contributed by atoms with Crippen molar-refractivity contribution >= 4 is 5.95 Å². The van der Waals surface area contributed by atoms with Crippen molar-refractivity contribution in [3.8, 4) is 5.88 Å². The minimum absolute atomic E-state index is 0.535. The first-order valence-corrected chi connectivity index (χ1v) is 4.90. The van der Waals surface area contributed by atoms with Gasteiger partial charge in [0.1, 0.15) is 5.82 Å². The Labute approximate surface area is 93.1 Å². The van der Waals surface area contributed by atoms with Crippen LogP contribution in [-0.4, -0.2) is 27.0 Å². The van der Waals surface area contributed by atoms with Gasteiger partial charge in [-0.15, -0.1) is 0 Å². The summed E-state index contributed by atoms with van der Waals surface area (Å²) in [6, 6.07) is 1.78. The van der Waals surface area contributed by atoms with E-state index in [1.165, 1.54) is 0 Å². The smallest absolute Gasteiger partial charge is 0.226 e. The number of hydrogen-bond donors (Lipinski definition) is 2. The summed E-state index contributed by atoms with van der Waals surface area (Å²) < 4.78 is 5.06. The van der Waals surface area contributed by atoms with E-state index < -0.39 is 0 Å². The number of anilines is 1. The maximum absolute atomic E-state index is 5.06. The molecular weight excluding hydrogens is 206 g/mol. The van der Waals surface area contributed by atoms with Crippen molar-refractivity contribution in [1.82, 2.24) is 19.9 Å². The fraction of sp³-hybridized carbons (Fsp3) is 0.300. The summed E-state index contributed by atoms with van der Waals surface area (Å²) in [6.45, 7) is 2.45. The van der Waals surface area contributed by atoms with Crippen molar-refractivity contribution < 1.29 is 4.74 Å². The molecule has 2 aromatic heterocycles. The number of aromatic amines is 1. The Balaban J connectivity index is 2.06. The van der Waals surface area contributed by atoms with E-state index in [1.54, 1.807) is 25.6 Å². The van der Waals surface area contributed by atoms with Gasteiger partial charge < -0.3 is 15.0 Å². The molecule has 0 unspecified atom stereocenters. The molecule has 0 aliphatic heterocycles. The van der Waals surface area contributed by atoms with Crippen LogP contribution in [0.2, 0.25) is 0 Å². The van der Waals surface area contributed by atoms with Gasteiger partial charge in [-0.1, -0.05) is 0 Å². The third kappa shape index (κ3) is 2.47. The zero-order valence-electron chi connectivity index (χ0n) is 9.19. The summed E-state index contributed by atoms with van der Waals surface area (Å²) in [7, 11) is 1.58. The third-order valence-electron chi connectivity index (χ3n) is 2.01. The highest BCUT2D eigenvalue weighted by molar-refractivity contribution is 5.30. The van der Waals surface area contributed by atoms with Crippen molar-refractivity contribution in [2.24, 2.45) is 0 Å². The van der Waals surface area contributed by atoms with Crippen molar-refractivity contribution in [3.63, 3.8) is 0 Å². The number of imidazole rings is 1. The van der Waals surface area contributed by atoms with Crippen LogP contribution in [0.25, 0.3) is 0 Å². The molecule has 0 saturated carbocycles. The largest absolute Gasteiger partial charge is 0.481 e. The number of aromatic nitrogens is 4. The van der Waals surface area contributed by atoms with Crippen molar-refractivity contribution in [3.05, 3.63) is 30.0 Å². The second kappa shape index (κ2) is 4.61. The molecule has 0 atom stereocenters. The van der Waals surface area contributed by atoms with E-state index in [1.807, 2.05) is 6.92 Å². The number of aryl methyl sites for hydroxylation is 1. The van der Waals surface area contributed by atoms with E-state index in [0.717, 1.165) is 11.5 Å². The zero-order chi connectivity index (χ0) is 11.4. The Morgan fingerprint density at radius 3 is 3.00 bits per heavy atom. The molecule has 0 saturated heterocycles. The summed E-state index contributed by atoms with van der Waals surface area (Å²) >= 11 is 0. The van der Waals surface area contributed by atoms with Crippen LogP contribution < -0.4 is 10.1 Å². The average molecular weight is 219 g/mol. The lowest BCUT2D eigenvalue weighted by atomic mass is 10.4. The van der Waals surface area contributed by atoms with Crippen LogP contribution in [-0.2, 0) is 6.54 Å². The molecule has 16 heavy (non-hydrogen) atoms. The maximum atomic E-state index is 5.06. The van der Waals surface area contributed by atoms with Crippen LogP contribution in [0.15, 0.2) is 18.5 Å². The summed E-state index contributed by atoms with van der Waals surface area (Å²) in [5.41, 5.74) is 0.855. The molecule has 2 aromatic rings. The predicted octanol–water partition coefficient (Wildman–Crippen LogP) is 1.13. The van der Waals surface area contributed by atoms with Gasteiger partial charge in [-0.25, -0.2) is 9.97 Å². The molecule has 0 radical (unpaired) electrons. The summed E-state index contributed by atoms with van der Waals surface area (Å²) in [5, 5.41) is 3.07. The van der Waals surface area contributed by atoms with Crippen LogP contribution >= 0.6 is 0 Å². The lowest BCUT2D eigenvalue weighted by Gasteiger charge is -2.05. The Kier molecular flexibility index (Phi) is 3.00. The van der Waals surface area contributed by atoms with Crippen LogP contribution in [0, 0.1) is 6.92 Å². The van der Waals surface area contributed by atoms with Gasteiger partial charge in [0, 0.05) is 24.2 Å². The summed E-state index contributed by atoms with van der Waals surface area (Å²) in [5.74, 6) is 1.92. The SMILES string of the molecule is COc1cc(C)nc(NCc2ncc[nH]2)n1. The number of nitrogens with one attached hydrogen (secondary N) is 2. The Morgan fingerprint density at radius 2 is 2.31 bits per heavy atom. The Hall–Kier alpha value is -2.11. The Bertz CT molecular complexity index is 454. The highest BCUT2D eigenvalue weighted by Crippen LogP contribution is 2.11. The van der Waals surface area contributed by atoms with Gasteiger partial charge in [0.25, 0.3) is 0 Å². The molecule has 6 heteroatoms. The third-order valence-corrected chi connectivity index (χ3v) is 2.01. The van der Waals surface area contributed by atoms with Gasteiger partial charge in [-0.05, 0) is 6.92 Å². The first-order chi connectivity index (χ1) is 7.78. The standard InChI is InChI=1S/C10H13N5O/c1-7-5-9(16-2)15-10(14-7)13-6-8-11-3-4-12-8/h3-5H,6H2,1-2H3,(H,11,12)(H,13,14,15). The summed E-state index contributed by atoms with van der Waals surface area (Å²) in [4.78, 5) is 15.5. The van der Waals surface area contributed by atoms with E-state index in [2.05, 4.69) is 25.3 Å².